The summed E-state index contributed by atoms with van der Waals surface area (Å²) < 4.78 is 5.24. The lowest BCUT2D eigenvalue weighted by molar-refractivity contribution is 0.416. The van der Waals surface area contributed by atoms with Crippen molar-refractivity contribution in [3.8, 4) is 16.9 Å². The molecule has 0 saturated carbocycles. The molecule has 0 atom stereocenters. The maximum Gasteiger partial charge on any atom is 0.219 e. The highest BCUT2D eigenvalue weighted by Crippen LogP contribution is 2.31. The number of hydrogen-bond acceptors (Lipinski definition) is 4. The molecule has 5 heteroatoms. The number of halogens is 1. The highest BCUT2D eigenvalue weighted by atomic mass is 35.5. The van der Waals surface area contributed by atoms with E-state index in [0.29, 0.717) is 5.02 Å². The monoisotopic (exact) mass is 235 g/mol. The fraction of sp³-hybridized carbons (Fsp3) is 0.0909. The number of nitrogen functional groups attached to an aromatic ring is 1. The summed E-state index contributed by atoms with van der Waals surface area (Å²) >= 11 is 5.93. The fourth-order valence-corrected chi connectivity index (χ4v) is 1.56. The third-order valence-corrected chi connectivity index (χ3v) is 2.38. The molecule has 2 aromatic rings. The second kappa shape index (κ2) is 4.37. The van der Waals surface area contributed by atoms with Crippen molar-refractivity contribution in [1.82, 2.24) is 9.97 Å². The van der Waals surface area contributed by atoms with E-state index in [0.717, 1.165) is 16.9 Å². The molecule has 0 spiro atoms. The van der Waals surface area contributed by atoms with Gasteiger partial charge >= 0.3 is 0 Å². The molecule has 0 amide bonds. The minimum absolute atomic E-state index is 0.241. The molecule has 0 fully saturated rings. The fourth-order valence-electron chi connectivity index (χ4n) is 1.38. The van der Waals surface area contributed by atoms with E-state index < -0.39 is 0 Å². The molecule has 0 aliphatic carbocycles. The average molecular weight is 236 g/mol. The summed E-state index contributed by atoms with van der Waals surface area (Å²) in [5, 5.41) is 0.632. The van der Waals surface area contributed by atoms with Crippen LogP contribution in [0.1, 0.15) is 0 Å². The summed E-state index contributed by atoms with van der Waals surface area (Å²) in [6.07, 6.45) is 3.27. The molecule has 0 bridgehead atoms. The second-order valence-electron chi connectivity index (χ2n) is 3.17. The van der Waals surface area contributed by atoms with Gasteiger partial charge in [0.2, 0.25) is 5.95 Å². The number of methoxy groups -OCH3 is 1. The Hall–Kier alpha value is -1.81. The SMILES string of the molecule is COc1ccc(Cl)cc1-c1cnc(N)nc1. The van der Waals surface area contributed by atoms with Gasteiger partial charge in [-0.1, -0.05) is 11.6 Å². The van der Waals surface area contributed by atoms with E-state index in [4.69, 9.17) is 22.1 Å². The highest BCUT2D eigenvalue weighted by molar-refractivity contribution is 6.31. The standard InChI is InChI=1S/C11H10ClN3O/c1-16-10-3-2-8(12)4-9(10)7-5-14-11(13)15-6-7/h2-6H,1H3,(H2,13,14,15). The predicted octanol–water partition coefficient (Wildman–Crippen LogP) is 2.39. The summed E-state index contributed by atoms with van der Waals surface area (Å²) in [5.74, 6) is 0.961. The normalized spacial score (nSPS) is 10.1. The third kappa shape index (κ3) is 2.06. The Bertz CT molecular complexity index is 499. The topological polar surface area (TPSA) is 61.0 Å². The lowest BCUT2D eigenvalue weighted by Crippen LogP contribution is -1.94. The van der Waals surface area contributed by atoms with Crippen LogP contribution in [0.4, 0.5) is 5.95 Å². The molecule has 1 aromatic heterocycles. The van der Waals surface area contributed by atoms with E-state index >= 15 is 0 Å². The van der Waals surface area contributed by atoms with Gasteiger partial charge in [-0.25, -0.2) is 9.97 Å². The minimum atomic E-state index is 0.241. The first-order valence-corrected chi connectivity index (χ1v) is 5.00. The Morgan fingerprint density at radius 3 is 2.56 bits per heavy atom. The molecule has 0 aliphatic heterocycles. The zero-order valence-electron chi connectivity index (χ0n) is 8.64. The summed E-state index contributed by atoms with van der Waals surface area (Å²) in [6.45, 7) is 0. The van der Waals surface area contributed by atoms with Crippen LogP contribution in [0.25, 0.3) is 11.1 Å². The van der Waals surface area contributed by atoms with Crippen LogP contribution < -0.4 is 10.5 Å². The Morgan fingerprint density at radius 1 is 1.25 bits per heavy atom. The van der Waals surface area contributed by atoms with E-state index in [-0.39, 0.29) is 5.95 Å². The maximum atomic E-state index is 5.93. The minimum Gasteiger partial charge on any atom is -0.496 e. The van der Waals surface area contributed by atoms with Gasteiger partial charge in [0.25, 0.3) is 0 Å². The summed E-state index contributed by atoms with van der Waals surface area (Å²) in [4.78, 5) is 7.86. The van der Waals surface area contributed by atoms with Crippen LogP contribution in [-0.2, 0) is 0 Å². The van der Waals surface area contributed by atoms with Crippen LogP contribution >= 0.6 is 11.6 Å². The van der Waals surface area contributed by atoms with Crippen molar-refractivity contribution in [3.63, 3.8) is 0 Å². The van der Waals surface area contributed by atoms with Crippen molar-refractivity contribution in [1.29, 1.82) is 0 Å². The van der Waals surface area contributed by atoms with Crippen molar-refractivity contribution >= 4 is 17.5 Å². The zero-order chi connectivity index (χ0) is 11.5. The lowest BCUT2D eigenvalue weighted by Gasteiger charge is -2.08. The molecular formula is C11H10ClN3O. The number of anilines is 1. The van der Waals surface area contributed by atoms with E-state index in [1.54, 1.807) is 37.7 Å². The number of rotatable bonds is 2. The van der Waals surface area contributed by atoms with Crippen LogP contribution in [0.15, 0.2) is 30.6 Å². The number of hydrogen-bond donors (Lipinski definition) is 1. The van der Waals surface area contributed by atoms with Crippen molar-refractivity contribution in [2.45, 2.75) is 0 Å². The quantitative estimate of drug-likeness (QED) is 0.868. The second-order valence-corrected chi connectivity index (χ2v) is 3.61. The van der Waals surface area contributed by atoms with Crippen LogP contribution in [-0.4, -0.2) is 17.1 Å². The molecule has 1 aromatic carbocycles. The summed E-state index contributed by atoms with van der Waals surface area (Å²) in [5.41, 5.74) is 7.08. The van der Waals surface area contributed by atoms with Crippen LogP contribution in [0.5, 0.6) is 5.75 Å². The largest absolute Gasteiger partial charge is 0.496 e. The molecule has 0 radical (unpaired) electrons. The van der Waals surface area contributed by atoms with Gasteiger partial charge < -0.3 is 10.5 Å². The lowest BCUT2D eigenvalue weighted by atomic mass is 10.1. The van der Waals surface area contributed by atoms with Crippen molar-refractivity contribution < 1.29 is 4.74 Å². The van der Waals surface area contributed by atoms with Gasteiger partial charge in [0.05, 0.1) is 7.11 Å². The maximum absolute atomic E-state index is 5.93. The van der Waals surface area contributed by atoms with Gasteiger partial charge in [-0.05, 0) is 18.2 Å². The van der Waals surface area contributed by atoms with Gasteiger partial charge in [0.1, 0.15) is 5.75 Å². The molecular weight excluding hydrogens is 226 g/mol. The molecule has 4 nitrogen and oxygen atoms in total. The Balaban J connectivity index is 2.53. The first-order valence-electron chi connectivity index (χ1n) is 4.62. The summed E-state index contributed by atoms with van der Waals surface area (Å²) in [6, 6.07) is 5.37. The molecule has 0 aliphatic rings. The van der Waals surface area contributed by atoms with Gasteiger partial charge in [-0.15, -0.1) is 0 Å². The molecule has 0 unspecified atom stereocenters. The van der Waals surface area contributed by atoms with Crippen LogP contribution in [0.3, 0.4) is 0 Å². The molecule has 0 saturated heterocycles. The molecule has 82 valence electrons. The Labute approximate surface area is 98.0 Å². The smallest absolute Gasteiger partial charge is 0.219 e. The van der Waals surface area contributed by atoms with E-state index in [2.05, 4.69) is 9.97 Å². The Morgan fingerprint density at radius 2 is 1.94 bits per heavy atom. The number of nitrogens with two attached hydrogens (primary N) is 1. The summed E-state index contributed by atoms with van der Waals surface area (Å²) in [7, 11) is 1.60. The predicted molar refractivity (Wildman–Crippen MR) is 63.4 cm³/mol. The van der Waals surface area contributed by atoms with E-state index in [1.807, 2.05) is 0 Å². The van der Waals surface area contributed by atoms with E-state index in [9.17, 15) is 0 Å². The third-order valence-electron chi connectivity index (χ3n) is 2.14. The van der Waals surface area contributed by atoms with Crippen molar-refractivity contribution in [3.05, 3.63) is 35.6 Å². The van der Waals surface area contributed by atoms with Gasteiger partial charge in [0, 0.05) is 28.5 Å². The Kier molecular flexibility index (Phi) is 2.92. The number of aromatic nitrogens is 2. The van der Waals surface area contributed by atoms with Crippen molar-refractivity contribution in [2.24, 2.45) is 0 Å². The first kappa shape index (κ1) is 10.7. The van der Waals surface area contributed by atoms with Gasteiger partial charge in [0.15, 0.2) is 0 Å². The van der Waals surface area contributed by atoms with Crippen LogP contribution in [0, 0.1) is 0 Å². The average Bonchev–Trinajstić information content (AvgIpc) is 2.30. The van der Waals surface area contributed by atoms with Gasteiger partial charge in [-0.2, -0.15) is 0 Å². The highest BCUT2D eigenvalue weighted by Gasteiger charge is 2.07. The molecule has 16 heavy (non-hydrogen) atoms. The zero-order valence-corrected chi connectivity index (χ0v) is 9.40. The van der Waals surface area contributed by atoms with Crippen LogP contribution in [0.2, 0.25) is 5.02 Å². The first-order chi connectivity index (χ1) is 7.70. The number of benzene rings is 1. The van der Waals surface area contributed by atoms with E-state index in [1.165, 1.54) is 0 Å². The van der Waals surface area contributed by atoms with Gasteiger partial charge in [-0.3, -0.25) is 0 Å². The van der Waals surface area contributed by atoms with Crippen molar-refractivity contribution in [2.75, 3.05) is 12.8 Å². The molecule has 2 rings (SSSR count). The molecule has 2 N–H and O–H groups in total. The number of ether oxygens (including phenoxy) is 1. The molecule has 1 heterocycles. The number of nitrogens with zero attached hydrogens (tertiary/aromatic N) is 2.